The molecule has 132 valence electrons. The number of ether oxygens (including phenoxy) is 1. The van der Waals surface area contributed by atoms with Gasteiger partial charge in [0.15, 0.2) is 6.61 Å². The van der Waals surface area contributed by atoms with Crippen LogP contribution in [0.3, 0.4) is 0 Å². The van der Waals surface area contributed by atoms with Crippen LogP contribution in [-0.4, -0.2) is 18.5 Å². The first-order valence-electron chi connectivity index (χ1n) is 7.14. The number of hydrogen-bond acceptors (Lipinski definition) is 3. The highest BCUT2D eigenvalue weighted by atomic mass is 19.1. The molecule has 1 N–H and O–H groups in total. The minimum atomic E-state index is -1.15. The first-order chi connectivity index (χ1) is 11.8. The Bertz CT molecular complexity index is 810. The summed E-state index contributed by atoms with van der Waals surface area (Å²) >= 11 is 0. The van der Waals surface area contributed by atoms with E-state index in [1.54, 1.807) is 0 Å². The summed E-state index contributed by atoms with van der Waals surface area (Å²) in [5.74, 6) is -5.48. The highest BCUT2D eigenvalue weighted by Crippen LogP contribution is 2.17. The van der Waals surface area contributed by atoms with Crippen molar-refractivity contribution < 1.29 is 31.9 Å². The van der Waals surface area contributed by atoms with Crippen molar-refractivity contribution in [2.75, 3.05) is 6.61 Å². The number of hydrogen-bond donors (Lipinski definition) is 1. The Kier molecular flexibility index (Phi) is 5.74. The van der Waals surface area contributed by atoms with Crippen LogP contribution < -0.4 is 5.32 Å². The van der Waals surface area contributed by atoms with E-state index in [0.717, 1.165) is 18.2 Å². The SMILES string of the molecule is C[C@H](NC(=O)COC(=O)c1ccc(F)cc1F)c1ccc(F)cc1F. The number of carbonyl (C=O) groups is 2. The average molecular weight is 355 g/mol. The van der Waals surface area contributed by atoms with Gasteiger partial charge in [-0.3, -0.25) is 4.79 Å². The van der Waals surface area contributed by atoms with Gasteiger partial charge in [0.25, 0.3) is 5.91 Å². The summed E-state index contributed by atoms with van der Waals surface area (Å²) in [7, 11) is 0. The predicted octanol–water partition coefficient (Wildman–Crippen LogP) is 3.28. The fourth-order valence-corrected chi connectivity index (χ4v) is 2.08. The Morgan fingerprint density at radius 3 is 2.20 bits per heavy atom. The lowest BCUT2D eigenvalue weighted by Gasteiger charge is -2.15. The predicted molar refractivity (Wildman–Crippen MR) is 79.6 cm³/mol. The minimum Gasteiger partial charge on any atom is -0.452 e. The van der Waals surface area contributed by atoms with Gasteiger partial charge in [-0.1, -0.05) is 6.07 Å². The van der Waals surface area contributed by atoms with Crippen LogP contribution in [0.5, 0.6) is 0 Å². The van der Waals surface area contributed by atoms with Crippen LogP contribution in [0, 0.1) is 23.3 Å². The molecule has 25 heavy (non-hydrogen) atoms. The molecule has 0 spiro atoms. The molecule has 0 bridgehead atoms. The molecule has 0 fully saturated rings. The van der Waals surface area contributed by atoms with Crippen molar-refractivity contribution >= 4 is 11.9 Å². The molecule has 0 aromatic heterocycles. The van der Waals surface area contributed by atoms with Gasteiger partial charge >= 0.3 is 5.97 Å². The summed E-state index contributed by atoms with van der Waals surface area (Å²) in [6.07, 6.45) is 0. The first-order valence-corrected chi connectivity index (χ1v) is 7.14. The maximum Gasteiger partial charge on any atom is 0.341 e. The van der Waals surface area contributed by atoms with Gasteiger partial charge in [0, 0.05) is 17.7 Å². The summed E-state index contributed by atoms with van der Waals surface area (Å²) in [5.41, 5.74) is -0.475. The van der Waals surface area contributed by atoms with Crippen LogP contribution >= 0.6 is 0 Å². The van der Waals surface area contributed by atoms with E-state index < -0.39 is 53.4 Å². The quantitative estimate of drug-likeness (QED) is 0.662. The molecule has 1 amide bonds. The lowest BCUT2D eigenvalue weighted by Crippen LogP contribution is -2.31. The second-order valence-corrected chi connectivity index (χ2v) is 5.16. The summed E-state index contributed by atoms with van der Waals surface area (Å²) in [6, 6.07) is 4.36. The third kappa shape index (κ3) is 4.79. The molecular formula is C17H13F4NO3. The van der Waals surface area contributed by atoms with Gasteiger partial charge in [-0.25, -0.2) is 22.4 Å². The van der Waals surface area contributed by atoms with Gasteiger partial charge in [0.2, 0.25) is 0 Å². The molecule has 0 aliphatic heterocycles. The van der Waals surface area contributed by atoms with Gasteiger partial charge in [-0.15, -0.1) is 0 Å². The molecule has 4 nitrogen and oxygen atoms in total. The van der Waals surface area contributed by atoms with Crippen LogP contribution in [0.2, 0.25) is 0 Å². The molecule has 2 aromatic rings. The summed E-state index contributed by atoms with van der Waals surface area (Å²) in [6.45, 7) is 0.707. The van der Waals surface area contributed by atoms with Crippen molar-refractivity contribution in [1.82, 2.24) is 5.32 Å². The fourth-order valence-electron chi connectivity index (χ4n) is 2.08. The smallest absolute Gasteiger partial charge is 0.341 e. The molecule has 0 aliphatic carbocycles. The number of rotatable bonds is 5. The first kappa shape index (κ1) is 18.4. The van der Waals surface area contributed by atoms with Crippen LogP contribution in [0.25, 0.3) is 0 Å². The summed E-state index contributed by atoms with van der Waals surface area (Å²) in [4.78, 5) is 23.4. The van der Waals surface area contributed by atoms with E-state index >= 15 is 0 Å². The fraction of sp³-hybridized carbons (Fsp3) is 0.176. The van der Waals surface area contributed by atoms with Crippen LogP contribution in [0.4, 0.5) is 17.6 Å². The van der Waals surface area contributed by atoms with E-state index in [1.807, 2.05) is 0 Å². The Morgan fingerprint density at radius 1 is 1.00 bits per heavy atom. The third-order valence-corrected chi connectivity index (χ3v) is 3.29. The van der Waals surface area contributed by atoms with E-state index in [4.69, 9.17) is 0 Å². The van der Waals surface area contributed by atoms with Crippen molar-refractivity contribution in [1.29, 1.82) is 0 Å². The van der Waals surface area contributed by atoms with Gasteiger partial charge in [0.05, 0.1) is 11.6 Å². The molecule has 0 saturated heterocycles. The monoisotopic (exact) mass is 355 g/mol. The maximum absolute atomic E-state index is 13.6. The normalized spacial score (nSPS) is 11.7. The summed E-state index contributed by atoms with van der Waals surface area (Å²) in [5, 5.41) is 2.35. The van der Waals surface area contributed by atoms with Crippen molar-refractivity contribution in [2.24, 2.45) is 0 Å². The highest BCUT2D eigenvalue weighted by molar-refractivity contribution is 5.91. The topological polar surface area (TPSA) is 55.4 Å². The zero-order chi connectivity index (χ0) is 18.6. The molecular weight excluding hydrogens is 342 g/mol. The zero-order valence-electron chi connectivity index (χ0n) is 13.0. The number of amides is 1. The molecule has 2 rings (SSSR count). The number of benzene rings is 2. The summed E-state index contributed by atoms with van der Waals surface area (Å²) < 4.78 is 57.3. The van der Waals surface area contributed by atoms with E-state index in [0.29, 0.717) is 12.1 Å². The van der Waals surface area contributed by atoms with Gasteiger partial charge < -0.3 is 10.1 Å². The Balaban J connectivity index is 1.92. The Hall–Kier alpha value is -2.90. The number of nitrogens with one attached hydrogen (secondary N) is 1. The zero-order valence-corrected chi connectivity index (χ0v) is 13.0. The minimum absolute atomic E-state index is 0.0469. The largest absolute Gasteiger partial charge is 0.452 e. The molecule has 0 saturated carbocycles. The Morgan fingerprint density at radius 2 is 1.60 bits per heavy atom. The van der Waals surface area contributed by atoms with E-state index in [1.165, 1.54) is 13.0 Å². The van der Waals surface area contributed by atoms with Crippen LogP contribution in [-0.2, 0) is 9.53 Å². The van der Waals surface area contributed by atoms with Crippen molar-refractivity contribution in [2.45, 2.75) is 13.0 Å². The maximum atomic E-state index is 13.6. The van der Waals surface area contributed by atoms with Crippen LogP contribution in [0.15, 0.2) is 36.4 Å². The molecule has 2 aromatic carbocycles. The van der Waals surface area contributed by atoms with Crippen LogP contribution in [0.1, 0.15) is 28.9 Å². The number of carbonyl (C=O) groups excluding carboxylic acids is 2. The second-order valence-electron chi connectivity index (χ2n) is 5.16. The molecule has 0 heterocycles. The molecule has 8 heteroatoms. The molecule has 0 radical (unpaired) electrons. The lowest BCUT2D eigenvalue weighted by molar-refractivity contribution is -0.124. The van der Waals surface area contributed by atoms with E-state index in [2.05, 4.69) is 10.1 Å². The number of esters is 1. The van der Waals surface area contributed by atoms with E-state index in [-0.39, 0.29) is 5.56 Å². The Labute approximate surface area is 140 Å². The van der Waals surface area contributed by atoms with Crippen molar-refractivity contribution in [3.05, 3.63) is 70.8 Å². The van der Waals surface area contributed by atoms with Gasteiger partial charge in [-0.2, -0.15) is 0 Å². The number of halogens is 4. The lowest BCUT2D eigenvalue weighted by atomic mass is 10.1. The average Bonchev–Trinajstić information content (AvgIpc) is 2.52. The van der Waals surface area contributed by atoms with Crippen molar-refractivity contribution in [3.63, 3.8) is 0 Å². The van der Waals surface area contributed by atoms with Gasteiger partial charge in [-0.05, 0) is 25.1 Å². The highest BCUT2D eigenvalue weighted by Gasteiger charge is 2.18. The molecule has 1 atom stereocenters. The van der Waals surface area contributed by atoms with E-state index in [9.17, 15) is 27.2 Å². The third-order valence-electron chi connectivity index (χ3n) is 3.29. The molecule has 0 unspecified atom stereocenters. The standard InChI is InChI=1S/C17H13F4NO3/c1-9(12-4-2-10(18)6-14(12)20)22-16(23)8-25-17(24)13-5-3-11(19)7-15(13)21/h2-7,9H,8H2,1H3,(H,22,23)/t9-/m0/s1. The molecule has 0 aliphatic rings. The second kappa shape index (κ2) is 7.78. The van der Waals surface area contributed by atoms with Crippen molar-refractivity contribution in [3.8, 4) is 0 Å². The van der Waals surface area contributed by atoms with Gasteiger partial charge in [0.1, 0.15) is 23.3 Å².